The molecule has 0 saturated heterocycles. The fraction of sp³-hybridized carbons (Fsp3) is 0.0667. The summed E-state index contributed by atoms with van der Waals surface area (Å²) in [6, 6.07) is 11.0. The summed E-state index contributed by atoms with van der Waals surface area (Å²) in [4.78, 5) is 16.2. The fourth-order valence-electron chi connectivity index (χ4n) is 2.14. The Morgan fingerprint density at radius 1 is 1.25 bits per heavy atom. The summed E-state index contributed by atoms with van der Waals surface area (Å²) in [5, 5.41) is 0. The molecular weight excluding hydrogens is 254 g/mol. The molecule has 0 aliphatic heterocycles. The number of carbonyl (C=O) groups excluding carboxylic acids is 1. The van der Waals surface area contributed by atoms with Gasteiger partial charge in [-0.3, -0.25) is 0 Å². The molecule has 5 heteroatoms. The number of carbonyl (C=O) groups is 1. The number of hydrogen-bond acceptors (Lipinski definition) is 4. The number of ether oxygens (including phenoxy) is 1. The van der Waals surface area contributed by atoms with Gasteiger partial charge in [-0.1, -0.05) is 18.2 Å². The standard InChI is InChI=1S/C15H13N3O2/c1-20-15(19)11-6-4-8-18-9-13(17-14(11)18)10-5-2-3-7-12(10)16/h2-9H,16H2,1H3. The molecule has 0 radical (unpaired) electrons. The number of nitrogens with zero attached hydrogens (tertiary/aromatic N) is 2. The summed E-state index contributed by atoms with van der Waals surface area (Å²) in [5.74, 6) is -0.409. The Morgan fingerprint density at radius 2 is 2.05 bits per heavy atom. The second-order valence-electron chi connectivity index (χ2n) is 4.36. The highest BCUT2D eigenvalue weighted by molar-refractivity contribution is 5.96. The summed E-state index contributed by atoms with van der Waals surface area (Å²) < 4.78 is 6.55. The number of methoxy groups -OCH3 is 1. The van der Waals surface area contributed by atoms with E-state index in [9.17, 15) is 4.79 Å². The van der Waals surface area contributed by atoms with Crippen molar-refractivity contribution >= 4 is 17.3 Å². The highest BCUT2D eigenvalue weighted by Crippen LogP contribution is 2.25. The molecule has 0 aliphatic carbocycles. The van der Waals surface area contributed by atoms with E-state index in [1.54, 1.807) is 16.5 Å². The second-order valence-corrected chi connectivity index (χ2v) is 4.36. The lowest BCUT2D eigenvalue weighted by Crippen LogP contribution is -2.03. The number of anilines is 1. The molecule has 0 amide bonds. The second kappa shape index (κ2) is 4.70. The third-order valence-electron chi connectivity index (χ3n) is 3.12. The minimum Gasteiger partial charge on any atom is -0.465 e. The third-order valence-corrected chi connectivity index (χ3v) is 3.12. The number of rotatable bonds is 2. The van der Waals surface area contributed by atoms with Crippen LogP contribution in [-0.4, -0.2) is 22.5 Å². The van der Waals surface area contributed by atoms with Crippen LogP contribution in [0.1, 0.15) is 10.4 Å². The quantitative estimate of drug-likeness (QED) is 0.571. The van der Waals surface area contributed by atoms with Crippen LogP contribution in [0.5, 0.6) is 0 Å². The first-order valence-electron chi connectivity index (χ1n) is 6.11. The molecule has 3 aromatic rings. The Labute approximate surface area is 115 Å². The van der Waals surface area contributed by atoms with Gasteiger partial charge < -0.3 is 14.9 Å². The van der Waals surface area contributed by atoms with E-state index in [-0.39, 0.29) is 0 Å². The molecule has 2 heterocycles. The zero-order valence-corrected chi connectivity index (χ0v) is 10.9. The Morgan fingerprint density at radius 3 is 2.80 bits per heavy atom. The van der Waals surface area contributed by atoms with Gasteiger partial charge in [-0.15, -0.1) is 0 Å². The number of fused-ring (bicyclic) bond motifs is 1. The zero-order chi connectivity index (χ0) is 14.1. The van der Waals surface area contributed by atoms with E-state index in [1.165, 1.54) is 7.11 Å². The van der Waals surface area contributed by atoms with Crippen LogP contribution in [0, 0.1) is 0 Å². The van der Waals surface area contributed by atoms with Crippen LogP contribution in [0.25, 0.3) is 16.9 Å². The molecular formula is C15H13N3O2. The average molecular weight is 267 g/mol. The molecule has 20 heavy (non-hydrogen) atoms. The zero-order valence-electron chi connectivity index (χ0n) is 10.9. The van der Waals surface area contributed by atoms with Crippen molar-refractivity contribution in [2.45, 2.75) is 0 Å². The molecule has 0 aliphatic rings. The third kappa shape index (κ3) is 1.89. The van der Waals surface area contributed by atoms with Gasteiger partial charge in [-0.05, 0) is 18.2 Å². The van der Waals surface area contributed by atoms with Crippen LogP contribution in [-0.2, 0) is 4.74 Å². The molecule has 0 atom stereocenters. The summed E-state index contributed by atoms with van der Waals surface area (Å²) in [6.07, 6.45) is 3.67. The van der Waals surface area contributed by atoms with Gasteiger partial charge in [0.05, 0.1) is 12.8 Å². The number of nitrogen functional groups attached to an aromatic ring is 1. The Bertz CT molecular complexity index is 793. The fourth-order valence-corrected chi connectivity index (χ4v) is 2.14. The van der Waals surface area contributed by atoms with Crippen molar-refractivity contribution in [3.8, 4) is 11.3 Å². The van der Waals surface area contributed by atoms with E-state index in [0.717, 1.165) is 11.3 Å². The van der Waals surface area contributed by atoms with Gasteiger partial charge in [0.15, 0.2) is 5.65 Å². The van der Waals surface area contributed by atoms with E-state index >= 15 is 0 Å². The number of benzene rings is 1. The first-order valence-corrected chi connectivity index (χ1v) is 6.11. The van der Waals surface area contributed by atoms with Crippen molar-refractivity contribution in [1.29, 1.82) is 0 Å². The van der Waals surface area contributed by atoms with Gasteiger partial charge in [0.1, 0.15) is 5.56 Å². The molecule has 0 saturated carbocycles. The maximum Gasteiger partial charge on any atom is 0.341 e. The average Bonchev–Trinajstić information content (AvgIpc) is 2.90. The lowest BCUT2D eigenvalue weighted by atomic mass is 10.1. The summed E-state index contributed by atoms with van der Waals surface area (Å²) in [5.41, 5.74) is 9.15. The van der Waals surface area contributed by atoms with E-state index in [2.05, 4.69) is 4.98 Å². The van der Waals surface area contributed by atoms with Gasteiger partial charge in [0.2, 0.25) is 0 Å². The molecule has 3 rings (SSSR count). The highest BCUT2D eigenvalue weighted by Gasteiger charge is 2.14. The normalized spacial score (nSPS) is 10.7. The molecule has 5 nitrogen and oxygen atoms in total. The maximum atomic E-state index is 11.7. The van der Waals surface area contributed by atoms with Crippen molar-refractivity contribution in [3.05, 3.63) is 54.4 Å². The summed E-state index contributed by atoms with van der Waals surface area (Å²) in [6.45, 7) is 0. The molecule has 0 fully saturated rings. The van der Waals surface area contributed by atoms with Crippen LogP contribution >= 0.6 is 0 Å². The molecule has 2 N–H and O–H groups in total. The molecule has 100 valence electrons. The molecule has 0 unspecified atom stereocenters. The lowest BCUT2D eigenvalue weighted by Gasteiger charge is -2.00. The number of pyridine rings is 1. The SMILES string of the molecule is COC(=O)c1cccn2cc(-c3ccccc3N)nc12. The molecule has 1 aromatic carbocycles. The molecule has 2 aromatic heterocycles. The largest absolute Gasteiger partial charge is 0.465 e. The number of aromatic nitrogens is 2. The van der Waals surface area contributed by atoms with Crippen LogP contribution < -0.4 is 5.73 Å². The molecule has 0 bridgehead atoms. The number of para-hydroxylation sites is 1. The number of esters is 1. The van der Waals surface area contributed by atoms with Gasteiger partial charge >= 0.3 is 5.97 Å². The van der Waals surface area contributed by atoms with Crippen LogP contribution in [0.4, 0.5) is 5.69 Å². The van der Waals surface area contributed by atoms with Crippen LogP contribution in [0.3, 0.4) is 0 Å². The van der Waals surface area contributed by atoms with Crippen molar-refractivity contribution in [2.24, 2.45) is 0 Å². The minimum absolute atomic E-state index is 0.409. The summed E-state index contributed by atoms with van der Waals surface area (Å²) >= 11 is 0. The minimum atomic E-state index is -0.409. The first kappa shape index (κ1) is 12.2. The van der Waals surface area contributed by atoms with E-state index < -0.39 is 5.97 Å². The van der Waals surface area contributed by atoms with Gasteiger partial charge in [-0.25, -0.2) is 9.78 Å². The van der Waals surface area contributed by atoms with Gasteiger partial charge in [-0.2, -0.15) is 0 Å². The summed E-state index contributed by atoms with van der Waals surface area (Å²) in [7, 11) is 1.35. The topological polar surface area (TPSA) is 69.6 Å². The Balaban J connectivity index is 2.21. The predicted molar refractivity (Wildman–Crippen MR) is 76.4 cm³/mol. The smallest absolute Gasteiger partial charge is 0.341 e. The molecule has 0 spiro atoms. The highest BCUT2D eigenvalue weighted by atomic mass is 16.5. The monoisotopic (exact) mass is 267 g/mol. The van der Waals surface area contributed by atoms with Crippen LogP contribution in [0.15, 0.2) is 48.8 Å². The van der Waals surface area contributed by atoms with Crippen molar-refractivity contribution in [2.75, 3.05) is 12.8 Å². The maximum absolute atomic E-state index is 11.7. The predicted octanol–water partition coefficient (Wildman–Crippen LogP) is 2.37. The van der Waals surface area contributed by atoms with E-state index in [4.69, 9.17) is 10.5 Å². The van der Waals surface area contributed by atoms with Crippen molar-refractivity contribution in [1.82, 2.24) is 9.38 Å². The van der Waals surface area contributed by atoms with Crippen molar-refractivity contribution < 1.29 is 9.53 Å². The van der Waals surface area contributed by atoms with Crippen molar-refractivity contribution in [3.63, 3.8) is 0 Å². The van der Waals surface area contributed by atoms with E-state index in [1.807, 2.05) is 36.7 Å². The first-order chi connectivity index (χ1) is 9.70. The lowest BCUT2D eigenvalue weighted by molar-refractivity contribution is 0.0602. The van der Waals surface area contributed by atoms with Gasteiger partial charge in [0, 0.05) is 23.6 Å². The van der Waals surface area contributed by atoms with Gasteiger partial charge in [0.25, 0.3) is 0 Å². The Kier molecular flexibility index (Phi) is 2.87. The Hall–Kier alpha value is -2.82. The van der Waals surface area contributed by atoms with Crippen LogP contribution in [0.2, 0.25) is 0 Å². The number of hydrogen-bond donors (Lipinski definition) is 1. The number of imidazole rings is 1. The number of nitrogens with two attached hydrogens (primary N) is 1. The van der Waals surface area contributed by atoms with E-state index in [0.29, 0.717) is 16.9 Å².